The summed E-state index contributed by atoms with van der Waals surface area (Å²) in [5, 5.41) is 86.1. The standard InChI is InChI=1S/C78H34O2/c1-2-3-4-5-6-7-8-9-10-11-12-13-14-15-16-17-76(79)80-78-74-68-62-52-40-32-24-20-18-19-22-26(24)34(40)44-38-30(22)31-23(19)27-25-21(18)29-28(20)36-42(32)50-56-46(36)47-37(29)43-33(25)41-35(27)45-39(31)49-48(38)60(54(44)62)70(74)71-61(49)55(45)63-53(41)59-51(43)57(47)65-64(56)72(66(68)58(50)52)77(17,78)73(65)67(59)69(63)75(71)78/h17H,2-16H2,1H3. The molecule has 358 valence electrons. The van der Waals surface area contributed by atoms with Crippen molar-refractivity contribution in [3.05, 3.63) is 22.3 Å². The van der Waals surface area contributed by atoms with Crippen molar-refractivity contribution in [1.82, 2.24) is 0 Å². The summed E-state index contributed by atoms with van der Waals surface area (Å²) in [5.41, 5.74) is 4.46. The van der Waals surface area contributed by atoms with Crippen LogP contribution >= 0.6 is 0 Å². The molecule has 0 radical (unpaired) electrons. The van der Waals surface area contributed by atoms with E-state index in [2.05, 4.69) is 6.92 Å². The van der Waals surface area contributed by atoms with Crippen molar-refractivity contribution in [1.29, 1.82) is 0 Å². The van der Waals surface area contributed by atoms with Gasteiger partial charge < -0.3 is 4.74 Å². The molecule has 2 nitrogen and oxygen atoms in total. The van der Waals surface area contributed by atoms with Gasteiger partial charge >= 0.3 is 5.97 Å². The van der Waals surface area contributed by atoms with Gasteiger partial charge in [0.15, 0.2) is 5.60 Å². The fourth-order valence-corrected chi connectivity index (χ4v) is 27.3. The molecule has 1 unspecified atom stereocenters. The van der Waals surface area contributed by atoms with Crippen molar-refractivity contribution in [3.63, 3.8) is 0 Å². The van der Waals surface area contributed by atoms with Gasteiger partial charge in [0.1, 0.15) is 0 Å². The molecule has 0 bridgehead atoms. The first-order chi connectivity index (χ1) is 39.8. The Morgan fingerprint density at radius 1 is 0.237 bits per heavy atom. The van der Waals surface area contributed by atoms with Crippen LogP contribution in [0.4, 0.5) is 0 Å². The number of ether oxygens (including phenoxy) is 1. The summed E-state index contributed by atoms with van der Waals surface area (Å²) in [7, 11) is 0. The largest absolute Gasteiger partial charge is 0.447 e. The zero-order valence-corrected chi connectivity index (χ0v) is 43.5. The van der Waals surface area contributed by atoms with Gasteiger partial charge in [-0.2, -0.15) is 0 Å². The molecule has 0 aromatic heterocycles. The second-order valence-corrected chi connectivity index (χ2v) is 29.6. The third-order valence-electron chi connectivity index (χ3n) is 28.2. The number of hydrogen-bond donors (Lipinski definition) is 0. The average Bonchev–Trinajstić information content (AvgIpc) is 1.44. The van der Waals surface area contributed by atoms with Crippen LogP contribution in [-0.4, -0.2) is 5.97 Å². The highest BCUT2D eigenvalue weighted by atomic mass is 16.6. The second-order valence-electron chi connectivity index (χ2n) is 29.6. The van der Waals surface area contributed by atoms with Crippen molar-refractivity contribution in [2.75, 3.05) is 0 Å². The molecule has 1 atom stereocenters. The molecule has 1 heterocycles. The SMILES string of the molecule is CCCCCCCCCCCCCCCCC1C(=O)OC23c4c5c6c7c8c9c(c%10c%11c2c2c4c4c%12c5c5c6c6c8c8c%13c9c9c%10c%10c%11c%11c2c2c4c4c%12c%12c5c5c6c8c6c8c%13c9c9c%10c%10c%11c2c2c4c4c%12c5c6c5c8c9c%10c2c45)C713. The highest BCUT2D eigenvalue weighted by Crippen LogP contribution is 2.86. The fourth-order valence-electron chi connectivity index (χ4n) is 27.3. The molecule has 2 heteroatoms. The summed E-state index contributed by atoms with van der Waals surface area (Å²) >= 11 is 0. The molecule has 4 aliphatic carbocycles. The highest BCUT2D eigenvalue weighted by Gasteiger charge is 2.78. The molecular weight excluding hydrogens is 969 g/mol. The summed E-state index contributed by atoms with van der Waals surface area (Å²) in [6.07, 6.45) is 19.7. The van der Waals surface area contributed by atoms with Crippen molar-refractivity contribution in [2.24, 2.45) is 5.92 Å². The number of esters is 1. The first kappa shape index (κ1) is 34.2. The number of carbonyl (C=O) groups excluding carboxylic acids is 1. The van der Waals surface area contributed by atoms with Crippen LogP contribution in [0.15, 0.2) is 0 Å². The monoisotopic (exact) mass is 1000 g/mol. The van der Waals surface area contributed by atoms with Gasteiger partial charge in [0.25, 0.3) is 0 Å². The van der Waals surface area contributed by atoms with Crippen LogP contribution in [0.2, 0.25) is 0 Å². The fraction of sp³-hybridized carbons (Fsp3) is 0.244. The summed E-state index contributed by atoms with van der Waals surface area (Å²) < 4.78 is 8.19. The van der Waals surface area contributed by atoms with Crippen LogP contribution in [-0.2, 0) is 20.5 Å². The molecule has 0 saturated carbocycles. The summed E-state index contributed by atoms with van der Waals surface area (Å²) in [6, 6.07) is 0. The Labute approximate surface area is 446 Å². The average molecular weight is 1000 g/mol. The van der Waals surface area contributed by atoms with Gasteiger partial charge in [-0.3, -0.25) is 4.79 Å². The van der Waals surface area contributed by atoms with Gasteiger partial charge in [0.2, 0.25) is 0 Å². The summed E-state index contributed by atoms with van der Waals surface area (Å²) in [4.78, 5) is 16.6. The lowest BCUT2D eigenvalue weighted by Gasteiger charge is -2.49. The Balaban J connectivity index is 0.838. The third kappa shape index (κ3) is 2.12. The molecule has 1 saturated heterocycles. The minimum Gasteiger partial charge on any atom is -0.447 e. The number of carbonyl (C=O) groups is 1. The molecule has 33 rings (SSSR count). The predicted molar refractivity (Wildman–Crippen MR) is 338 cm³/mol. The molecule has 0 amide bonds. The van der Waals surface area contributed by atoms with Crippen molar-refractivity contribution >= 4 is 297 Å². The van der Waals surface area contributed by atoms with Gasteiger partial charge in [0, 0.05) is 11.1 Å². The zero-order chi connectivity index (χ0) is 49.0. The van der Waals surface area contributed by atoms with E-state index in [0.717, 1.165) is 12.8 Å². The molecule has 0 N–H and O–H groups in total. The van der Waals surface area contributed by atoms with E-state index in [9.17, 15) is 0 Å². The van der Waals surface area contributed by atoms with E-state index in [-0.39, 0.29) is 11.9 Å². The summed E-state index contributed by atoms with van der Waals surface area (Å²) in [6.45, 7) is 2.32. The Hall–Kier alpha value is -8.07. The lowest BCUT2D eigenvalue weighted by Crippen LogP contribution is -2.52. The minimum atomic E-state index is -0.921. The van der Waals surface area contributed by atoms with Crippen molar-refractivity contribution in [2.45, 2.75) is 114 Å². The lowest BCUT2D eigenvalue weighted by atomic mass is 9.51. The van der Waals surface area contributed by atoms with Crippen LogP contribution in [0.5, 0.6) is 0 Å². The van der Waals surface area contributed by atoms with Gasteiger partial charge in [0.05, 0.1) is 11.3 Å². The molecule has 1 aliphatic heterocycles. The van der Waals surface area contributed by atoms with Crippen LogP contribution in [0.3, 0.4) is 0 Å². The zero-order valence-electron chi connectivity index (χ0n) is 43.5. The van der Waals surface area contributed by atoms with E-state index in [1.165, 1.54) is 116 Å². The lowest BCUT2D eigenvalue weighted by molar-refractivity contribution is -0.148. The van der Waals surface area contributed by atoms with E-state index >= 15 is 4.79 Å². The Morgan fingerprint density at radius 2 is 0.412 bits per heavy atom. The number of hydrogen-bond acceptors (Lipinski definition) is 2. The van der Waals surface area contributed by atoms with Crippen LogP contribution in [0.25, 0.3) is 291 Å². The molecule has 28 aromatic carbocycles. The summed E-state index contributed by atoms with van der Waals surface area (Å²) in [5.74, 6) is -0.148. The maximum atomic E-state index is 16.6. The van der Waals surface area contributed by atoms with Crippen molar-refractivity contribution < 1.29 is 9.53 Å². The topological polar surface area (TPSA) is 26.3 Å². The van der Waals surface area contributed by atoms with E-state index in [1.54, 1.807) is 280 Å². The third-order valence-corrected chi connectivity index (χ3v) is 28.2. The Morgan fingerprint density at radius 3 is 0.625 bits per heavy atom. The maximum absolute atomic E-state index is 16.6. The smallest absolute Gasteiger partial charge is 0.311 e. The number of benzene rings is 18. The van der Waals surface area contributed by atoms with Crippen molar-refractivity contribution in [3.8, 4) is 0 Å². The maximum Gasteiger partial charge on any atom is 0.311 e. The highest BCUT2D eigenvalue weighted by molar-refractivity contribution is 6.82. The van der Waals surface area contributed by atoms with Crippen LogP contribution in [0.1, 0.15) is 125 Å². The molecule has 5 aliphatic rings. The number of unbranched alkanes of at least 4 members (excludes halogenated alkanes) is 13. The van der Waals surface area contributed by atoms with E-state index in [0.29, 0.717) is 0 Å². The normalized spacial score (nSPS) is 22.2. The Kier molecular flexibility index (Phi) is 3.71. The second kappa shape index (κ2) is 8.68. The van der Waals surface area contributed by atoms with Crippen LogP contribution < -0.4 is 0 Å². The van der Waals surface area contributed by atoms with Gasteiger partial charge in [-0.1, -0.05) is 96.8 Å². The van der Waals surface area contributed by atoms with E-state index < -0.39 is 11.0 Å². The number of rotatable bonds is 15. The molecule has 1 fully saturated rings. The van der Waals surface area contributed by atoms with Gasteiger partial charge in [-0.25, -0.2) is 0 Å². The molecule has 2 spiro atoms. The van der Waals surface area contributed by atoms with E-state index in [1.807, 2.05) is 0 Å². The molecule has 28 aromatic rings. The molecular formula is C78H34O2. The van der Waals surface area contributed by atoms with Crippen LogP contribution in [0, 0.1) is 5.92 Å². The van der Waals surface area contributed by atoms with E-state index in [4.69, 9.17) is 4.74 Å². The quantitative estimate of drug-likeness (QED) is 0.0581. The first-order valence-corrected chi connectivity index (χ1v) is 31.8. The van der Waals surface area contributed by atoms with Gasteiger partial charge in [-0.15, -0.1) is 0 Å². The minimum absolute atomic E-state index is 0.106. The first-order valence-electron chi connectivity index (χ1n) is 31.8. The van der Waals surface area contributed by atoms with Gasteiger partial charge in [-0.05, 0) is 308 Å². The molecule has 80 heavy (non-hydrogen) atoms. The Bertz CT molecular complexity index is 7180. The predicted octanol–water partition coefficient (Wildman–Crippen LogP) is 22.3.